The number of imidazole rings is 2. The van der Waals surface area contributed by atoms with Crippen molar-refractivity contribution in [1.82, 2.24) is 24.0 Å². The number of benzene rings is 1. The van der Waals surface area contributed by atoms with E-state index >= 15 is 0 Å². The fourth-order valence-corrected chi connectivity index (χ4v) is 4.61. The number of aromatic nitrogens is 4. The van der Waals surface area contributed by atoms with Crippen LogP contribution in [-0.2, 0) is 30.8 Å². The number of carbonyl (C=O) groups excluding carboxylic acids is 1. The van der Waals surface area contributed by atoms with Crippen LogP contribution in [0.5, 0.6) is 5.75 Å². The number of nitriles is 1. The van der Waals surface area contributed by atoms with Gasteiger partial charge in [-0.15, -0.1) is 0 Å². The van der Waals surface area contributed by atoms with Gasteiger partial charge >= 0.3 is 0 Å². The van der Waals surface area contributed by atoms with Crippen LogP contribution >= 0.6 is 0 Å². The van der Waals surface area contributed by atoms with Crippen molar-refractivity contribution in [2.24, 2.45) is 5.92 Å². The number of hydrogen-bond donors (Lipinski definition) is 0. The second-order valence-electron chi connectivity index (χ2n) is 10.1. The van der Waals surface area contributed by atoms with E-state index in [2.05, 4.69) is 17.6 Å². The van der Waals surface area contributed by atoms with Gasteiger partial charge in [-0.2, -0.15) is 5.26 Å². The molecule has 0 saturated carbocycles. The van der Waals surface area contributed by atoms with Crippen molar-refractivity contribution in [3.63, 3.8) is 0 Å². The number of para-hydroxylation sites is 1. The molecule has 1 unspecified atom stereocenters. The van der Waals surface area contributed by atoms with Crippen molar-refractivity contribution in [2.75, 3.05) is 7.11 Å². The molecule has 4 rings (SSSR count). The highest BCUT2D eigenvalue weighted by Crippen LogP contribution is 2.30. The number of allylic oxidation sites excluding steroid dienone is 8. The summed E-state index contributed by atoms with van der Waals surface area (Å²) in [6, 6.07) is 9.62. The van der Waals surface area contributed by atoms with Crippen molar-refractivity contribution in [3.05, 3.63) is 114 Å². The van der Waals surface area contributed by atoms with E-state index in [-0.39, 0.29) is 36.9 Å². The molecule has 1 atom stereocenters. The number of fused-ring (bicyclic) bond motifs is 1. The largest absolute Gasteiger partial charge is 0.496 e. The highest BCUT2D eigenvalue weighted by molar-refractivity contribution is 5.80. The third-order valence-corrected chi connectivity index (χ3v) is 7.06. The summed E-state index contributed by atoms with van der Waals surface area (Å²) in [5.41, 5.74) is 2.95. The lowest BCUT2D eigenvalue weighted by atomic mass is 10.1. The Morgan fingerprint density at radius 1 is 1.24 bits per heavy atom. The number of rotatable bonds is 8. The van der Waals surface area contributed by atoms with E-state index in [0.29, 0.717) is 36.1 Å². The van der Waals surface area contributed by atoms with E-state index in [9.17, 15) is 13.6 Å². The number of ether oxygens (including phenoxy) is 1. The maximum absolute atomic E-state index is 14.7. The Labute approximate surface area is 264 Å². The van der Waals surface area contributed by atoms with Gasteiger partial charge in [0.05, 0.1) is 44.1 Å². The number of amides is 1. The lowest BCUT2D eigenvalue weighted by molar-refractivity contribution is -0.129. The third-order valence-electron chi connectivity index (χ3n) is 7.06. The van der Waals surface area contributed by atoms with Gasteiger partial charge < -0.3 is 18.8 Å². The maximum atomic E-state index is 14.7. The summed E-state index contributed by atoms with van der Waals surface area (Å²) in [5.74, 6) is -1.57. The molecule has 0 radical (unpaired) electrons. The molecule has 1 amide bonds. The minimum atomic E-state index is -1.10. The van der Waals surface area contributed by atoms with E-state index < -0.39 is 11.7 Å². The summed E-state index contributed by atoms with van der Waals surface area (Å²) in [4.78, 5) is 24.2. The first kappa shape index (κ1) is 34.5. The lowest BCUT2D eigenvalue weighted by Gasteiger charge is -2.23. The highest BCUT2D eigenvalue weighted by atomic mass is 19.2. The van der Waals surface area contributed by atoms with Crippen LogP contribution in [0.1, 0.15) is 45.6 Å². The second-order valence-corrected chi connectivity index (χ2v) is 10.1. The zero-order valence-corrected chi connectivity index (χ0v) is 26.5. The van der Waals surface area contributed by atoms with E-state index in [1.807, 2.05) is 78.6 Å². The summed E-state index contributed by atoms with van der Waals surface area (Å²) < 4.78 is 38.4. The Kier molecular flexibility index (Phi) is 12.8. The smallest absolute Gasteiger partial charge is 0.233 e. The van der Waals surface area contributed by atoms with Gasteiger partial charge in [0.2, 0.25) is 5.91 Å². The summed E-state index contributed by atoms with van der Waals surface area (Å²) in [7, 11) is 1.58. The van der Waals surface area contributed by atoms with Crippen molar-refractivity contribution >= 4 is 5.91 Å². The Bertz CT molecular complexity index is 1650. The molecule has 10 heteroatoms. The molecule has 3 heterocycles. The molecule has 236 valence electrons. The SMILES string of the molecule is C=C1/C=C(F)\C(F)=C/CCn2cc(-c3ccccc3OC)nc2CN1C(=O)Cc1cncn1CC(/C=C\C(C)C#N)=C/C.CC. The van der Waals surface area contributed by atoms with Crippen molar-refractivity contribution in [1.29, 1.82) is 5.26 Å². The van der Waals surface area contributed by atoms with Gasteiger partial charge in [-0.1, -0.05) is 50.8 Å². The number of nitrogens with zero attached hydrogens (tertiary/aromatic N) is 6. The van der Waals surface area contributed by atoms with E-state index in [1.54, 1.807) is 26.6 Å². The fourth-order valence-electron chi connectivity index (χ4n) is 4.61. The number of carbonyl (C=O) groups is 1. The molecule has 0 bridgehead atoms. The molecule has 0 saturated heterocycles. The predicted molar refractivity (Wildman–Crippen MR) is 172 cm³/mol. The highest BCUT2D eigenvalue weighted by Gasteiger charge is 2.24. The van der Waals surface area contributed by atoms with E-state index in [4.69, 9.17) is 15.0 Å². The summed E-state index contributed by atoms with van der Waals surface area (Å²) in [6.07, 6.45) is 12.9. The topological polar surface area (TPSA) is 89.0 Å². The molecule has 1 aliphatic rings. The predicted octanol–water partition coefficient (Wildman–Crippen LogP) is 7.64. The van der Waals surface area contributed by atoms with E-state index in [1.165, 1.54) is 11.0 Å². The third kappa shape index (κ3) is 8.99. The molecule has 45 heavy (non-hydrogen) atoms. The average molecular weight is 615 g/mol. The monoisotopic (exact) mass is 614 g/mol. The molecule has 3 aromatic rings. The summed E-state index contributed by atoms with van der Waals surface area (Å²) in [6.45, 7) is 12.3. The van der Waals surface area contributed by atoms with Crippen LogP contribution in [0.2, 0.25) is 0 Å². The van der Waals surface area contributed by atoms with Crippen LogP contribution in [0.4, 0.5) is 8.78 Å². The zero-order chi connectivity index (χ0) is 32.9. The molecule has 2 aromatic heterocycles. The Morgan fingerprint density at radius 2 is 2.00 bits per heavy atom. The Hall–Kier alpha value is -5.04. The second kappa shape index (κ2) is 16.7. The van der Waals surface area contributed by atoms with Crippen molar-refractivity contribution in [3.8, 4) is 23.1 Å². The number of aryl methyl sites for hydroxylation is 1. The summed E-state index contributed by atoms with van der Waals surface area (Å²) >= 11 is 0. The average Bonchev–Trinajstić information content (AvgIpc) is 3.67. The number of methoxy groups -OCH3 is 1. The Balaban J connectivity index is 0.00000271. The van der Waals surface area contributed by atoms with Crippen LogP contribution in [0, 0.1) is 17.2 Å². The minimum Gasteiger partial charge on any atom is -0.496 e. The summed E-state index contributed by atoms with van der Waals surface area (Å²) in [5, 5.41) is 9.08. The molecular formula is C35H40F2N6O2. The molecular weight excluding hydrogens is 574 g/mol. The minimum absolute atomic E-state index is 0.00465. The van der Waals surface area contributed by atoms with Gasteiger partial charge in [-0.05, 0) is 44.1 Å². The molecule has 8 nitrogen and oxygen atoms in total. The van der Waals surface area contributed by atoms with Crippen molar-refractivity contribution < 1.29 is 18.3 Å². The van der Waals surface area contributed by atoms with Crippen molar-refractivity contribution in [2.45, 2.75) is 60.2 Å². The van der Waals surface area contributed by atoms with Gasteiger partial charge in [0.15, 0.2) is 11.7 Å². The van der Waals surface area contributed by atoms with Crippen LogP contribution < -0.4 is 4.74 Å². The Morgan fingerprint density at radius 3 is 2.71 bits per heavy atom. The fraction of sp³-hybridized carbons (Fsp3) is 0.314. The van der Waals surface area contributed by atoms with Crippen LogP contribution in [0.3, 0.4) is 0 Å². The zero-order valence-electron chi connectivity index (χ0n) is 26.5. The van der Waals surface area contributed by atoms with Gasteiger partial charge in [0.1, 0.15) is 11.6 Å². The van der Waals surface area contributed by atoms with Gasteiger partial charge in [-0.25, -0.2) is 18.7 Å². The quantitative estimate of drug-likeness (QED) is 0.243. The maximum Gasteiger partial charge on any atom is 0.233 e. The van der Waals surface area contributed by atoms with Crippen LogP contribution in [-0.4, -0.2) is 37.0 Å². The first-order chi connectivity index (χ1) is 21.7. The first-order valence-electron chi connectivity index (χ1n) is 14.9. The standard InChI is InChI=1S/C33H34F2N6O2.C2H6/c1-5-25(13-12-23(2)17-36)19-40-22-37-18-26(40)16-33(42)41-21-32-38-30(27-9-6-7-11-31(27)43-4)20-39(32)14-8-10-28(34)29(35)15-24(41)3;1-2/h5-7,9-13,15,18,20,22-23H,3,8,14,16,19,21H2,1-2,4H3;1-2H3/b13-12-,25-5+,28-10+,29-15+;. The molecule has 1 aliphatic heterocycles. The normalized spacial score (nSPS) is 17.1. The van der Waals surface area contributed by atoms with Crippen LogP contribution in [0.15, 0.2) is 103 Å². The number of hydrogen-bond acceptors (Lipinski definition) is 5. The van der Waals surface area contributed by atoms with Gasteiger partial charge in [-0.3, -0.25) is 4.79 Å². The lowest BCUT2D eigenvalue weighted by Crippen LogP contribution is -2.32. The molecule has 0 aliphatic carbocycles. The first-order valence-corrected chi connectivity index (χ1v) is 14.9. The van der Waals surface area contributed by atoms with Crippen LogP contribution in [0.25, 0.3) is 11.3 Å². The molecule has 1 aromatic carbocycles. The molecule has 0 spiro atoms. The molecule has 0 fully saturated rings. The van der Waals surface area contributed by atoms with E-state index in [0.717, 1.165) is 17.2 Å². The molecule has 0 N–H and O–H groups in total. The van der Waals surface area contributed by atoms with Gasteiger partial charge in [0.25, 0.3) is 0 Å². The number of halogens is 2. The van der Waals surface area contributed by atoms with Gasteiger partial charge in [0, 0.05) is 48.5 Å².